The fraction of sp³-hybridized carbons (Fsp3) is 0.143. The van der Waals surface area contributed by atoms with Crippen molar-refractivity contribution in [3.63, 3.8) is 0 Å². The molecular formula is C14H15N4O3PS2. The largest absolute Gasteiger partial charge is 0.314 e. The van der Waals surface area contributed by atoms with E-state index in [1.807, 2.05) is 12.1 Å². The quantitative estimate of drug-likeness (QED) is 0.805. The van der Waals surface area contributed by atoms with Gasteiger partial charge in [-0.2, -0.15) is 0 Å². The average molecular weight is 382 g/mol. The van der Waals surface area contributed by atoms with Gasteiger partial charge in [0.15, 0.2) is 19.8 Å². The number of nitrogens with zero attached hydrogens (tertiary/aromatic N) is 3. The zero-order valence-electron chi connectivity index (χ0n) is 12.5. The van der Waals surface area contributed by atoms with Crippen molar-refractivity contribution in [3.8, 4) is 0 Å². The Morgan fingerprint density at radius 1 is 0.917 bits per heavy atom. The van der Waals surface area contributed by atoms with Crippen LogP contribution in [0.5, 0.6) is 0 Å². The minimum atomic E-state index is -3.27. The van der Waals surface area contributed by atoms with Crippen molar-refractivity contribution in [1.82, 2.24) is 5.09 Å². The minimum Gasteiger partial charge on any atom is -0.314 e. The summed E-state index contributed by atoms with van der Waals surface area (Å²) in [6, 6.07) is 17.3. The Bertz CT molecular complexity index is 1010. The highest BCUT2D eigenvalue weighted by Gasteiger charge is 2.36. The number of nitrogens with one attached hydrogen (secondary N) is 1. The Balaban J connectivity index is 2.06. The predicted octanol–water partition coefficient (Wildman–Crippen LogP) is 3.45. The molecule has 2 aliphatic rings. The van der Waals surface area contributed by atoms with E-state index in [1.165, 1.54) is 0 Å². The molecule has 1 unspecified atom stereocenters. The normalized spacial score (nSPS) is 35.0. The second-order valence-electron chi connectivity index (χ2n) is 5.14. The van der Waals surface area contributed by atoms with Gasteiger partial charge in [-0.1, -0.05) is 40.2 Å². The van der Waals surface area contributed by atoms with E-state index in [1.54, 1.807) is 48.5 Å². The Labute approximate surface area is 141 Å². The maximum absolute atomic E-state index is 13.5. The van der Waals surface area contributed by atoms with Crippen molar-refractivity contribution in [2.75, 3.05) is 13.2 Å². The molecule has 7 nitrogen and oxygen atoms in total. The summed E-state index contributed by atoms with van der Waals surface area (Å²) in [7, 11) is -9.51. The van der Waals surface area contributed by atoms with Crippen LogP contribution in [0.2, 0.25) is 0 Å². The van der Waals surface area contributed by atoms with Gasteiger partial charge in [-0.15, -0.1) is 8.28 Å². The van der Waals surface area contributed by atoms with Crippen LogP contribution < -0.4 is 5.09 Å². The van der Waals surface area contributed by atoms with Crippen molar-refractivity contribution in [2.24, 2.45) is 12.1 Å². The Hall–Kier alpha value is -1.51. The molecule has 126 valence electrons. The van der Waals surface area contributed by atoms with E-state index in [0.29, 0.717) is 22.9 Å². The van der Waals surface area contributed by atoms with Gasteiger partial charge in [-0.05, 0) is 24.3 Å². The lowest BCUT2D eigenvalue weighted by Gasteiger charge is -2.20. The first-order chi connectivity index (χ1) is 11.5. The molecule has 0 bridgehead atoms. The van der Waals surface area contributed by atoms with Crippen LogP contribution in [-0.4, -0.2) is 21.6 Å². The fourth-order valence-corrected chi connectivity index (χ4v) is 11.2. The lowest BCUT2D eigenvalue weighted by Crippen LogP contribution is -2.12. The molecule has 0 aromatic heterocycles. The fourth-order valence-electron chi connectivity index (χ4n) is 2.37. The number of hydrogen-bond acceptors (Lipinski definition) is 5. The third-order valence-corrected chi connectivity index (χ3v) is 11.5. The SMILES string of the molecule is O=[S@]1(c2ccccc2)=NP2(=N[S@](=O)(c3ccccc3)=N1)NCCO2. The second kappa shape index (κ2) is 5.79. The summed E-state index contributed by atoms with van der Waals surface area (Å²) < 4.78 is 45.4. The molecule has 0 saturated carbocycles. The van der Waals surface area contributed by atoms with E-state index in [2.05, 4.69) is 17.1 Å². The van der Waals surface area contributed by atoms with E-state index in [9.17, 15) is 8.42 Å². The summed E-state index contributed by atoms with van der Waals surface area (Å²) in [6.07, 6.45) is 0. The van der Waals surface area contributed by atoms with E-state index in [4.69, 9.17) is 4.52 Å². The molecule has 2 heterocycles. The van der Waals surface area contributed by atoms with Crippen molar-refractivity contribution < 1.29 is 12.9 Å². The van der Waals surface area contributed by atoms with Crippen LogP contribution in [-0.2, 0) is 24.4 Å². The minimum absolute atomic E-state index is 0.384. The highest BCUT2D eigenvalue weighted by atomic mass is 32.3. The third kappa shape index (κ3) is 2.72. The standard InChI is InChI=1S/C14H15N4O3PS2/c19-23(13-7-3-1-4-8-13)16-22(15-11-12-21-22)17-24(20,18-23)14-9-5-2-6-10-14/h1-10,15H,11-12H2/t23-,24-/m1/s1. The first-order valence-corrected chi connectivity index (χ1v) is 11.8. The average Bonchev–Trinajstić information content (AvgIpc) is 3.02. The van der Waals surface area contributed by atoms with Crippen LogP contribution in [0.25, 0.3) is 0 Å². The van der Waals surface area contributed by atoms with Gasteiger partial charge in [0.05, 0.1) is 16.4 Å². The van der Waals surface area contributed by atoms with Crippen molar-refractivity contribution in [1.29, 1.82) is 0 Å². The predicted molar refractivity (Wildman–Crippen MR) is 93.9 cm³/mol. The molecule has 1 saturated heterocycles. The highest BCUT2D eigenvalue weighted by molar-refractivity contribution is 8.08. The van der Waals surface area contributed by atoms with Gasteiger partial charge in [0, 0.05) is 6.54 Å². The second-order valence-corrected chi connectivity index (χ2v) is 11.6. The highest BCUT2D eigenvalue weighted by Crippen LogP contribution is 2.56. The van der Waals surface area contributed by atoms with Crippen LogP contribution in [0, 0.1) is 0 Å². The summed E-state index contributed by atoms with van der Waals surface area (Å²) in [6.45, 7) is 0.908. The van der Waals surface area contributed by atoms with Crippen LogP contribution in [0.15, 0.2) is 82.5 Å². The monoisotopic (exact) mass is 382 g/mol. The lowest BCUT2D eigenvalue weighted by atomic mass is 10.4. The maximum Gasteiger partial charge on any atom is 0.294 e. The third-order valence-electron chi connectivity index (χ3n) is 3.44. The molecule has 2 aromatic rings. The Morgan fingerprint density at radius 3 is 2.04 bits per heavy atom. The number of rotatable bonds is 2. The van der Waals surface area contributed by atoms with E-state index >= 15 is 0 Å². The molecule has 0 radical (unpaired) electrons. The van der Waals surface area contributed by atoms with E-state index in [0.717, 1.165) is 0 Å². The molecular weight excluding hydrogens is 367 g/mol. The Kier molecular flexibility index (Phi) is 3.85. The van der Waals surface area contributed by atoms with Crippen molar-refractivity contribution in [3.05, 3.63) is 60.7 Å². The molecule has 2 aliphatic heterocycles. The van der Waals surface area contributed by atoms with E-state index in [-0.39, 0.29) is 0 Å². The van der Waals surface area contributed by atoms with Gasteiger partial charge in [0.1, 0.15) is 0 Å². The first-order valence-electron chi connectivity index (χ1n) is 7.24. The maximum atomic E-state index is 13.5. The molecule has 1 N–H and O–H groups in total. The topological polar surface area (TPSA) is 92.5 Å². The molecule has 10 heteroatoms. The van der Waals surface area contributed by atoms with Crippen LogP contribution in [0.4, 0.5) is 0 Å². The van der Waals surface area contributed by atoms with Gasteiger partial charge < -0.3 is 4.52 Å². The van der Waals surface area contributed by atoms with Crippen LogP contribution >= 0.6 is 7.58 Å². The van der Waals surface area contributed by atoms with Crippen molar-refractivity contribution in [2.45, 2.75) is 9.79 Å². The smallest absolute Gasteiger partial charge is 0.294 e. The van der Waals surface area contributed by atoms with Gasteiger partial charge in [-0.3, -0.25) is 0 Å². The van der Waals surface area contributed by atoms with Crippen LogP contribution in [0.1, 0.15) is 0 Å². The van der Waals surface area contributed by atoms with Gasteiger partial charge in [-0.25, -0.2) is 13.5 Å². The molecule has 24 heavy (non-hydrogen) atoms. The molecule has 0 amide bonds. The Morgan fingerprint density at radius 2 is 1.50 bits per heavy atom. The van der Waals surface area contributed by atoms with Crippen LogP contribution in [0.3, 0.4) is 0 Å². The summed E-state index contributed by atoms with van der Waals surface area (Å²) in [4.78, 5) is 0.806. The van der Waals surface area contributed by atoms with Crippen molar-refractivity contribution >= 4 is 27.4 Å². The number of hydrogen-bond donors (Lipinski definition) is 1. The molecule has 1 spiro atoms. The van der Waals surface area contributed by atoms with E-state index < -0.39 is 27.4 Å². The summed E-state index contributed by atoms with van der Waals surface area (Å²) in [5.74, 6) is 0. The lowest BCUT2D eigenvalue weighted by molar-refractivity contribution is 0.393. The summed E-state index contributed by atoms with van der Waals surface area (Å²) >= 11 is 0. The molecule has 0 aliphatic carbocycles. The van der Waals surface area contributed by atoms with Gasteiger partial charge in [0.25, 0.3) is 7.58 Å². The molecule has 2 aromatic carbocycles. The summed E-state index contributed by atoms with van der Waals surface area (Å²) in [5.41, 5.74) is 0. The summed E-state index contributed by atoms with van der Waals surface area (Å²) in [5, 5.41) is 3.06. The zero-order valence-corrected chi connectivity index (χ0v) is 15.0. The van der Waals surface area contributed by atoms with Gasteiger partial charge >= 0.3 is 0 Å². The first kappa shape index (κ1) is 16.0. The molecule has 4 rings (SSSR count). The molecule has 3 atom stereocenters. The zero-order chi connectivity index (χ0) is 16.7. The molecule has 1 fully saturated rings. The number of benzene rings is 2. The van der Waals surface area contributed by atoms with Gasteiger partial charge in [0.2, 0.25) is 0 Å².